The molecule has 3 rings (SSSR count). The first-order valence-electron chi connectivity index (χ1n) is 6.09. The van der Waals surface area contributed by atoms with Crippen LogP contribution in [0.15, 0.2) is 45.6 Å². The van der Waals surface area contributed by atoms with Crippen LogP contribution in [0.25, 0.3) is 11.1 Å². The van der Waals surface area contributed by atoms with Crippen molar-refractivity contribution < 1.29 is 13.9 Å². The second-order valence-corrected chi connectivity index (χ2v) is 4.84. The number of carbonyl (C=O) groups excluding carboxylic acids is 1. The van der Waals surface area contributed by atoms with Gasteiger partial charge in [-0.1, -0.05) is 11.6 Å². The minimum absolute atomic E-state index is 0.264. The van der Waals surface area contributed by atoms with Gasteiger partial charge in [-0.25, -0.2) is 4.79 Å². The molecule has 0 spiro atoms. The van der Waals surface area contributed by atoms with Crippen LogP contribution in [0, 0.1) is 0 Å². The van der Waals surface area contributed by atoms with Gasteiger partial charge in [-0.2, -0.15) is 0 Å². The van der Waals surface area contributed by atoms with Crippen LogP contribution in [-0.4, -0.2) is 17.9 Å². The first kappa shape index (κ1) is 13.5. The molecule has 2 aromatic carbocycles. The van der Waals surface area contributed by atoms with Crippen LogP contribution in [-0.2, 0) is 0 Å². The summed E-state index contributed by atoms with van der Waals surface area (Å²) in [6.45, 7) is 0. The Kier molecular flexibility index (Phi) is 3.27. The Bertz CT molecular complexity index is 894. The van der Waals surface area contributed by atoms with Crippen molar-refractivity contribution in [1.82, 2.24) is 4.98 Å². The number of rotatable bonds is 3. The molecule has 0 aliphatic carbocycles. The molecule has 6 heteroatoms. The lowest BCUT2D eigenvalue weighted by atomic mass is 10.0. The van der Waals surface area contributed by atoms with Crippen LogP contribution in [0.5, 0.6) is 5.75 Å². The van der Waals surface area contributed by atoms with Crippen LogP contribution in [0.3, 0.4) is 0 Å². The molecule has 0 saturated heterocycles. The number of ether oxygens (including phenoxy) is 1. The van der Waals surface area contributed by atoms with E-state index in [4.69, 9.17) is 20.8 Å². The monoisotopic (exact) mass is 303 g/mol. The van der Waals surface area contributed by atoms with E-state index in [0.29, 0.717) is 33.0 Å². The normalized spacial score (nSPS) is 10.8. The Morgan fingerprint density at radius 2 is 2.05 bits per heavy atom. The maximum atomic E-state index is 12.6. The molecule has 0 radical (unpaired) electrons. The second-order valence-electron chi connectivity index (χ2n) is 4.40. The largest absolute Gasteiger partial charge is 0.496 e. The van der Waals surface area contributed by atoms with Gasteiger partial charge < -0.3 is 9.15 Å². The fourth-order valence-electron chi connectivity index (χ4n) is 2.10. The molecule has 3 aromatic rings. The number of methoxy groups -OCH3 is 1. The number of halogens is 1. The summed E-state index contributed by atoms with van der Waals surface area (Å²) in [7, 11) is 1.48. The number of ketones is 1. The zero-order chi connectivity index (χ0) is 15.0. The highest BCUT2D eigenvalue weighted by Crippen LogP contribution is 2.26. The molecule has 0 bridgehead atoms. The molecular formula is C15H10ClNO4. The number of nitrogens with one attached hydrogen (secondary N) is 1. The third-order valence-electron chi connectivity index (χ3n) is 3.09. The molecule has 0 amide bonds. The van der Waals surface area contributed by atoms with Crippen molar-refractivity contribution in [3.63, 3.8) is 0 Å². The summed E-state index contributed by atoms with van der Waals surface area (Å²) in [4.78, 5) is 26.2. The average molecular weight is 304 g/mol. The van der Waals surface area contributed by atoms with Crippen LogP contribution >= 0.6 is 11.6 Å². The highest BCUT2D eigenvalue weighted by Gasteiger charge is 2.16. The van der Waals surface area contributed by atoms with Crippen molar-refractivity contribution in [2.24, 2.45) is 0 Å². The molecule has 106 valence electrons. The Labute approximate surface area is 124 Å². The van der Waals surface area contributed by atoms with Crippen molar-refractivity contribution in [3.8, 4) is 5.75 Å². The Hall–Kier alpha value is -2.53. The van der Waals surface area contributed by atoms with E-state index in [0.717, 1.165) is 0 Å². The smallest absolute Gasteiger partial charge is 0.417 e. The lowest BCUT2D eigenvalue weighted by molar-refractivity contribution is 0.103. The average Bonchev–Trinajstić information content (AvgIpc) is 2.85. The maximum Gasteiger partial charge on any atom is 0.417 e. The summed E-state index contributed by atoms with van der Waals surface area (Å²) in [6, 6.07) is 9.55. The summed E-state index contributed by atoms with van der Waals surface area (Å²) in [5, 5.41) is 0.438. The number of aromatic nitrogens is 1. The predicted molar refractivity (Wildman–Crippen MR) is 78.3 cm³/mol. The summed E-state index contributed by atoms with van der Waals surface area (Å²) in [5.41, 5.74) is 1.59. The molecule has 0 saturated carbocycles. The minimum Gasteiger partial charge on any atom is -0.496 e. The highest BCUT2D eigenvalue weighted by molar-refractivity contribution is 6.31. The van der Waals surface area contributed by atoms with Crippen molar-refractivity contribution >= 4 is 28.5 Å². The summed E-state index contributed by atoms with van der Waals surface area (Å²) in [6.07, 6.45) is 0. The van der Waals surface area contributed by atoms with Crippen LogP contribution in [0.1, 0.15) is 15.9 Å². The third kappa shape index (κ3) is 2.43. The van der Waals surface area contributed by atoms with Gasteiger partial charge in [0.25, 0.3) is 0 Å². The van der Waals surface area contributed by atoms with Crippen LogP contribution in [0.4, 0.5) is 0 Å². The zero-order valence-corrected chi connectivity index (χ0v) is 11.7. The van der Waals surface area contributed by atoms with Crippen molar-refractivity contribution in [1.29, 1.82) is 0 Å². The Morgan fingerprint density at radius 1 is 1.24 bits per heavy atom. The van der Waals surface area contributed by atoms with Gasteiger partial charge in [0.15, 0.2) is 11.4 Å². The molecular weight excluding hydrogens is 294 g/mol. The molecule has 0 unspecified atom stereocenters. The maximum absolute atomic E-state index is 12.6. The van der Waals surface area contributed by atoms with Gasteiger partial charge in [-0.3, -0.25) is 9.78 Å². The van der Waals surface area contributed by atoms with Gasteiger partial charge in [0.05, 0.1) is 18.2 Å². The summed E-state index contributed by atoms with van der Waals surface area (Å²) < 4.78 is 10.1. The molecule has 0 fully saturated rings. The van der Waals surface area contributed by atoms with Gasteiger partial charge >= 0.3 is 5.76 Å². The standard InChI is InChI=1S/C15H10ClNO4/c1-20-12-5-3-9(16)7-10(12)14(18)8-2-4-11-13(6-8)21-15(19)17-11/h2-7H,1H3,(H,17,19). The number of hydrogen-bond donors (Lipinski definition) is 1. The highest BCUT2D eigenvalue weighted by atomic mass is 35.5. The topological polar surface area (TPSA) is 72.3 Å². The van der Waals surface area contributed by atoms with Gasteiger partial charge in [0, 0.05) is 10.6 Å². The zero-order valence-electron chi connectivity index (χ0n) is 11.0. The molecule has 0 aliphatic rings. The fraction of sp³-hybridized carbons (Fsp3) is 0.0667. The number of aromatic amines is 1. The first-order chi connectivity index (χ1) is 10.1. The minimum atomic E-state index is -0.560. The van der Waals surface area contributed by atoms with E-state index >= 15 is 0 Å². The summed E-state index contributed by atoms with van der Waals surface area (Å²) in [5.74, 6) is -0.393. The molecule has 21 heavy (non-hydrogen) atoms. The quantitative estimate of drug-likeness (QED) is 0.755. The Morgan fingerprint density at radius 3 is 2.81 bits per heavy atom. The first-order valence-corrected chi connectivity index (χ1v) is 6.47. The molecule has 1 N–H and O–H groups in total. The van der Waals surface area contributed by atoms with Gasteiger partial charge in [-0.05, 0) is 36.4 Å². The molecule has 1 heterocycles. The van der Waals surface area contributed by atoms with E-state index in [1.54, 1.807) is 30.3 Å². The van der Waals surface area contributed by atoms with Crippen molar-refractivity contribution in [2.45, 2.75) is 0 Å². The summed E-state index contributed by atoms with van der Waals surface area (Å²) >= 11 is 5.93. The second kappa shape index (κ2) is 5.10. The van der Waals surface area contributed by atoms with E-state index in [9.17, 15) is 9.59 Å². The van der Waals surface area contributed by atoms with E-state index in [2.05, 4.69) is 4.98 Å². The predicted octanol–water partition coefficient (Wildman–Crippen LogP) is 3.01. The van der Waals surface area contributed by atoms with E-state index in [-0.39, 0.29) is 5.78 Å². The van der Waals surface area contributed by atoms with Crippen LogP contribution in [0.2, 0.25) is 5.02 Å². The van der Waals surface area contributed by atoms with Gasteiger partial charge in [0.1, 0.15) is 5.75 Å². The molecule has 0 atom stereocenters. The lowest BCUT2D eigenvalue weighted by Crippen LogP contribution is -2.04. The number of hydrogen-bond acceptors (Lipinski definition) is 4. The molecule has 1 aromatic heterocycles. The Balaban J connectivity index is 2.11. The van der Waals surface area contributed by atoms with E-state index in [1.165, 1.54) is 13.2 Å². The van der Waals surface area contributed by atoms with Crippen molar-refractivity contribution in [2.75, 3.05) is 7.11 Å². The lowest BCUT2D eigenvalue weighted by Gasteiger charge is -2.08. The number of benzene rings is 2. The van der Waals surface area contributed by atoms with Crippen LogP contribution < -0.4 is 10.5 Å². The van der Waals surface area contributed by atoms with Gasteiger partial charge in [-0.15, -0.1) is 0 Å². The molecule has 5 nitrogen and oxygen atoms in total. The molecule has 0 aliphatic heterocycles. The van der Waals surface area contributed by atoms with Gasteiger partial charge in [0.2, 0.25) is 0 Å². The number of H-pyrrole nitrogens is 1. The van der Waals surface area contributed by atoms with Crippen molar-refractivity contribution in [3.05, 3.63) is 63.1 Å². The van der Waals surface area contributed by atoms with E-state index in [1.807, 2.05) is 0 Å². The SMILES string of the molecule is COc1ccc(Cl)cc1C(=O)c1ccc2[nH]c(=O)oc2c1. The number of fused-ring (bicyclic) bond motifs is 1. The number of oxazole rings is 1. The third-order valence-corrected chi connectivity index (χ3v) is 3.32. The number of carbonyl (C=O) groups is 1. The van der Waals surface area contributed by atoms with E-state index < -0.39 is 5.76 Å². The fourth-order valence-corrected chi connectivity index (χ4v) is 2.27.